The molecule has 0 bridgehead atoms. The molecule has 0 saturated carbocycles. The van der Waals surface area contributed by atoms with E-state index in [2.05, 4.69) is 51.1 Å². The van der Waals surface area contributed by atoms with Gasteiger partial charge in [0.1, 0.15) is 5.01 Å². The third-order valence-electron chi connectivity index (χ3n) is 4.29. The second kappa shape index (κ2) is 7.42. The van der Waals surface area contributed by atoms with E-state index in [1.54, 1.807) is 11.3 Å². The van der Waals surface area contributed by atoms with Crippen molar-refractivity contribution in [3.63, 3.8) is 0 Å². The molecule has 3 nitrogen and oxygen atoms in total. The fourth-order valence-electron chi connectivity index (χ4n) is 2.77. The molecule has 0 aliphatic carbocycles. The number of benzene rings is 2. The first kappa shape index (κ1) is 18.3. The Hall–Kier alpha value is -2.46. The van der Waals surface area contributed by atoms with E-state index in [1.165, 1.54) is 5.56 Å². The minimum Gasteiger partial charge on any atom is -0.481 e. The fraction of sp³-hybridized carbons (Fsp3) is 0.273. The Morgan fingerprint density at radius 3 is 2.38 bits per heavy atom. The number of hydrogen-bond donors (Lipinski definition) is 1. The topological polar surface area (TPSA) is 50.2 Å². The van der Waals surface area contributed by atoms with Crippen molar-refractivity contribution in [3.05, 3.63) is 64.7 Å². The lowest BCUT2D eigenvalue weighted by Gasteiger charge is -2.18. The fourth-order valence-corrected chi connectivity index (χ4v) is 3.78. The minimum absolute atomic E-state index is 0.0990. The van der Waals surface area contributed by atoms with Gasteiger partial charge in [-0.3, -0.25) is 4.79 Å². The van der Waals surface area contributed by atoms with Crippen molar-refractivity contribution in [2.24, 2.45) is 0 Å². The molecule has 3 rings (SSSR count). The van der Waals surface area contributed by atoms with Gasteiger partial charge in [0, 0.05) is 6.42 Å². The van der Waals surface area contributed by atoms with Gasteiger partial charge in [-0.25, -0.2) is 4.98 Å². The molecule has 1 N–H and O–H groups in total. The van der Waals surface area contributed by atoms with Crippen LogP contribution in [0.2, 0.25) is 0 Å². The summed E-state index contributed by atoms with van der Waals surface area (Å²) in [7, 11) is 0. The highest BCUT2D eigenvalue weighted by atomic mass is 32.1. The number of rotatable bonds is 5. The predicted octanol–water partition coefficient (Wildman–Crippen LogP) is 6.00. The molecule has 0 amide bonds. The second-order valence-electron chi connectivity index (χ2n) is 7.42. The maximum absolute atomic E-state index is 11.1. The SMILES string of the molecule is CC(C)(C)c1ccc(C=C(CCC(=O)O)c2nc3ccccc3s2)cc1. The van der Waals surface area contributed by atoms with Crippen LogP contribution in [-0.4, -0.2) is 16.1 Å². The Labute approximate surface area is 158 Å². The zero-order valence-corrected chi connectivity index (χ0v) is 16.1. The van der Waals surface area contributed by atoms with E-state index >= 15 is 0 Å². The van der Waals surface area contributed by atoms with Gasteiger partial charge < -0.3 is 5.11 Å². The predicted molar refractivity (Wildman–Crippen MR) is 110 cm³/mol. The molecule has 0 radical (unpaired) electrons. The summed E-state index contributed by atoms with van der Waals surface area (Å²) in [5, 5.41) is 9.99. The highest BCUT2D eigenvalue weighted by Crippen LogP contribution is 2.31. The number of carboxylic acid groups (broad SMARTS) is 1. The summed E-state index contributed by atoms with van der Waals surface area (Å²) < 4.78 is 1.12. The van der Waals surface area contributed by atoms with Gasteiger partial charge in [-0.05, 0) is 46.7 Å². The third-order valence-corrected chi connectivity index (χ3v) is 5.41. The number of para-hydroxylation sites is 1. The number of aromatic nitrogens is 1. The van der Waals surface area contributed by atoms with E-state index < -0.39 is 5.97 Å². The number of aliphatic carboxylic acids is 1. The molecule has 0 saturated heterocycles. The maximum atomic E-state index is 11.1. The van der Waals surface area contributed by atoms with Gasteiger partial charge in [-0.1, -0.05) is 57.2 Å². The number of nitrogens with zero attached hydrogens (tertiary/aromatic N) is 1. The van der Waals surface area contributed by atoms with E-state index in [0.29, 0.717) is 6.42 Å². The summed E-state index contributed by atoms with van der Waals surface area (Å²) in [6, 6.07) is 16.5. The van der Waals surface area contributed by atoms with Crippen molar-refractivity contribution in [1.82, 2.24) is 4.98 Å². The van der Waals surface area contributed by atoms with Crippen LogP contribution >= 0.6 is 11.3 Å². The Morgan fingerprint density at radius 2 is 1.77 bits per heavy atom. The van der Waals surface area contributed by atoms with E-state index in [-0.39, 0.29) is 11.8 Å². The summed E-state index contributed by atoms with van der Waals surface area (Å²) in [5.41, 5.74) is 4.38. The van der Waals surface area contributed by atoms with Gasteiger partial charge >= 0.3 is 5.97 Å². The molecule has 3 aromatic rings. The van der Waals surface area contributed by atoms with Crippen LogP contribution in [0.25, 0.3) is 21.9 Å². The normalized spacial score (nSPS) is 12.5. The molecular weight excluding hydrogens is 342 g/mol. The first-order valence-corrected chi connectivity index (χ1v) is 9.53. The van der Waals surface area contributed by atoms with Crippen LogP contribution in [0.15, 0.2) is 48.5 Å². The minimum atomic E-state index is -0.792. The molecule has 1 heterocycles. The van der Waals surface area contributed by atoms with E-state index in [0.717, 1.165) is 26.4 Å². The summed E-state index contributed by atoms with van der Waals surface area (Å²) in [4.78, 5) is 15.8. The van der Waals surface area contributed by atoms with Crippen molar-refractivity contribution in [3.8, 4) is 0 Å². The summed E-state index contributed by atoms with van der Waals surface area (Å²) in [5.74, 6) is -0.792. The van der Waals surface area contributed by atoms with Gasteiger partial charge in [0.2, 0.25) is 0 Å². The summed E-state index contributed by atoms with van der Waals surface area (Å²) >= 11 is 1.61. The second-order valence-corrected chi connectivity index (χ2v) is 8.45. The van der Waals surface area contributed by atoms with E-state index in [1.807, 2.05) is 24.3 Å². The smallest absolute Gasteiger partial charge is 0.303 e. The van der Waals surface area contributed by atoms with E-state index in [9.17, 15) is 4.79 Å². The number of allylic oxidation sites excluding steroid dienone is 1. The lowest BCUT2D eigenvalue weighted by molar-refractivity contribution is -0.136. The van der Waals surface area contributed by atoms with Crippen LogP contribution in [0.5, 0.6) is 0 Å². The average molecular weight is 365 g/mol. The van der Waals surface area contributed by atoms with Crippen LogP contribution in [-0.2, 0) is 10.2 Å². The van der Waals surface area contributed by atoms with Gasteiger partial charge in [0.15, 0.2) is 0 Å². The molecule has 0 fully saturated rings. The first-order chi connectivity index (χ1) is 12.3. The van der Waals surface area contributed by atoms with Crippen LogP contribution in [0.4, 0.5) is 0 Å². The van der Waals surface area contributed by atoms with Gasteiger partial charge in [-0.15, -0.1) is 11.3 Å². The summed E-state index contributed by atoms with van der Waals surface area (Å²) in [6.45, 7) is 6.58. The molecule has 2 aromatic carbocycles. The highest BCUT2D eigenvalue weighted by molar-refractivity contribution is 7.19. The van der Waals surface area contributed by atoms with Gasteiger partial charge in [0.05, 0.1) is 10.2 Å². The molecular formula is C22H23NO2S. The first-order valence-electron chi connectivity index (χ1n) is 8.72. The van der Waals surface area contributed by atoms with Crippen molar-refractivity contribution < 1.29 is 9.90 Å². The highest BCUT2D eigenvalue weighted by Gasteiger charge is 2.14. The average Bonchev–Trinajstić information content (AvgIpc) is 3.02. The lowest BCUT2D eigenvalue weighted by atomic mass is 9.86. The van der Waals surface area contributed by atoms with E-state index in [4.69, 9.17) is 10.1 Å². The maximum Gasteiger partial charge on any atom is 0.303 e. The Kier molecular flexibility index (Phi) is 5.23. The van der Waals surface area contributed by atoms with Crippen LogP contribution in [0.1, 0.15) is 49.7 Å². The zero-order valence-electron chi connectivity index (χ0n) is 15.3. The Bertz CT molecular complexity index is 913. The quantitative estimate of drug-likeness (QED) is 0.603. The molecule has 134 valence electrons. The van der Waals surface area contributed by atoms with Gasteiger partial charge in [-0.2, -0.15) is 0 Å². The molecule has 4 heteroatoms. The molecule has 1 aromatic heterocycles. The van der Waals surface area contributed by atoms with Crippen molar-refractivity contribution >= 4 is 39.2 Å². The van der Waals surface area contributed by atoms with Gasteiger partial charge in [0.25, 0.3) is 0 Å². The number of carboxylic acids is 1. The molecule has 0 spiro atoms. The van der Waals surface area contributed by atoms with Crippen LogP contribution in [0, 0.1) is 0 Å². The monoisotopic (exact) mass is 365 g/mol. The molecule has 26 heavy (non-hydrogen) atoms. The zero-order chi connectivity index (χ0) is 18.7. The molecule has 0 unspecified atom stereocenters. The van der Waals surface area contributed by atoms with Crippen LogP contribution in [0.3, 0.4) is 0 Å². The molecule has 0 aliphatic heterocycles. The molecule has 0 aliphatic rings. The van der Waals surface area contributed by atoms with Crippen molar-refractivity contribution in [2.75, 3.05) is 0 Å². The Balaban J connectivity index is 1.97. The van der Waals surface area contributed by atoms with Crippen LogP contribution < -0.4 is 0 Å². The standard InChI is InChI=1S/C22H23NO2S/c1-22(2,3)17-11-8-15(9-12-17)14-16(10-13-20(24)25)21-23-18-6-4-5-7-19(18)26-21/h4-9,11-12,14H,10,13H2,1-3H3,(H,24,25). The Morgan fingerprint density at radius 1 is 1.08 bits per heavy atom. The number of fused-ring (bicyclic) bond motifs is 1. The van der Waals surface area contributed by atoms with Crippen molar-refractivity contribution in [2.45, 2.75) is 39.0 Å². The van der Waals surface area contributed by atoms with Crippen molar-refractivity contribution in [1.29, 1.82) is 0 Å². The number of hydrogen-bond acceptors (Lipinski definition) is 3. The molecule has 0 atom stereocenters. The number of thiazole rings is 1. The number of carbonyl (C=O) groups is 1. The third kappa shape index (κ3) is 4.38. The lowest BCUT2D eigenvalue weighted by Crippen LogP contribution is -2.10. The largest absolute Gasteiger partial charge is 0.481 e. The summed E-state index contributed by atoms with van der Waals surface area (Å²) in [6.07, 6.45) is 2.63.